The first-order chi connectivity index (χ1) is 8.57. The fourth-order valence-corrected chi connectivity index (χ4v) is 3.21. The molecule has 1 aliphatic heterocycles. The van der Waals surface area contributed by atoms with E-state index in [-0.39, 0.29) is 5.54 Å². The van der Waals surface area contributed by atoms with Crippen LogP contribution >= 0.6 is 0 Å². The lowest BCUT2D eigenvalue weighted by Crippen LogP contribution is -2.37. The molecule has 1 saturated heterocycles. The first kappa shape index (κ1) is 12.2. The second-order valence-electron chi connectivity index (χ2n) is 6.57. The summed E-state index contributed by atoms with van der Waals surface area (Å²) in [5, 5.41) is 7.80. The molecule has 0 radical (unpaired) electrons. The normalized spacial score (nSPS) is 33.8. The Morgan fingerprint density at radius 3 is 2.78 bits per heavy atom. The Hall–Kier alpha value is -0.900. The molecule has 2 heterocycles. The molecule has 0 spiro atoms. The van der Waals surface area contributed by atoms with Crippen LogP contribution in [0.4, 0.5) is 0 Å². The molecular formula is C14H23N3O. The van der Waals surface area contributed by atoms with Crippen LogP contribution in [0.15, 0.2) is 4.52 Å². The first-order valence-electron chi connectivity index (χ1n) is 7.16. The standard InChI is InChI=1S/C14H23N3O/c1-4-6-14(7-5-8-15-14)12-16-11(17-18-12)10-9-13(10,2)3/h10,15H,4-9H2,1-3H3. The Morgan fingerprint density at radius 1 is 1.44 bits per heavy atom. The van der Waals surface area contributed by atoms with E-state index < -0.39 is 0 Å². The quantitative estimate of drug-likeness (QED) is 0.891. The second-order valence-corrected chi connectivity index (χ2v) is 6.57. The van der Waals surface area contributed by atoms with Gasteiger partial charge in [-0.1, -0.05) is 32.3 Å². The van der Waals surface area contributed by atoms with E-state index >= 15 is 0 Å². The lowest BCUT2D eigenvalue weighted by atomic mass is 9.92. The molecule has 1 aliphatic carbocycles. The van der Waals surface area contributed by atoms with E-state index in [0.717, 1.165) is 37.5 Å². The van der Waals surface area contributed by atoms with Gasteiger partial charge in [-0.05, 0) is 37.6 Å². The van der Waals surface area contributed by atoms with Crippen molar-refractivity contribution < 1.29 is 4.52 Å². The Labute approximate surface area is 109 Å². The van der Waals surface area contributed by atoms with Crippen LogP contribution in [0.25, 0.3) is 0 Å². The van der Waals surface area contributed by atoms with Crippen LogP contribution in [0, 0.1) is 5.41 Å². The largest absolute Gasteiger partial charge is 0.337 e. The zero-order valence-corrected chi connectivity index (χ0v) is 11.6. The average Bonchev–Trinajstić information content (AvgIpc) is 2.81. The molecule has 0 amide bonds. The third-order valence-corrected chi connectivity index (χ3v) is 4.60. The van der Waals surface area contributed by atoms with Gasteiger partial charge in [-0.15, -0.1) is 0 Å². The Morgan fingerprint density at radius 2 is 2.22 bits per heavy atom. The van der Waals surface area contributed by atoms with Crippen LogP contribution < -0.4 is 5.32 Å². The molecule has 2 aliphatic rings. The molecule has 1 saturated carbocycles. The minimum atomic E-state index is -0.0426. The SMILES string of the molecule is CCCC1(c2nc(C3CC3(C)C)no2)CCCN1. The molecule has 1 N–H and O–H groups in total. The summed E-state index contributed by atoms with van der Waals surface area (Å²) in [5.41, 5.74) is 0.321. The zero-order chi connectivity index (χ0) is 12.8. The summed E-state index contributed by atoms with van der Waals surface area (Å²) in [7, 11) is 0. The van der Waals surface area contributed by atoms with Crippen LogP contribution in [-0.4, -0.2) is 16.7 Å². The molecule has 2 fully saturated rings. The molecule has 2 unspecified atom stereocenters. The van der Waals surface area contributed by atoms with Gasteiger partial charge in [0.15, 0.2) is 5.82 Å². The molecule has 2 atom stereocenters. The molecule has 100 valence electrons. The summed E-state index contributed by atoms with van der Waals surface area (Å²) in [4.78, 5) is 4.70. The lowest BCUT2D eigenvalue weighted by Gasteiger charge is -2.24. The number of nitrogens with one attached hydrogen (secondary N) is 1. The minimum Gasteiger partial charge on any atom is -0.337 e. The molecule has 1 aromatic heterocycles. The summed E-state index contributed by atoms with van der Waals surface area (Å²) in [6.07, 6.45) is 5.73. The van der Waals surface area contributed by atoms with Gasteiger partial charge in [0.25, 0.3) is 0 Å². The van der Waals surface area contributed by atoms with Crippen molar-refractivity contribution in [3.05, 3.63) is 11.7 Å². The van der Waals surface area contributed by atoms with Gasteiger partial charge in [0.2, 0.25) is 5.89 Å². The summed E-state index contributed by atoms with van der Waals surface area (Å²) in [5.74, 6) is 2.23. The van der Waals surface area contributed by atoms with Crippen molar-refractivity contribution in [3.63, 3.8) is 0 Å². The summed E-state index contributed by atoms with van der Waals surface area (Å²) in [6, 6.07) is 0. The van der Waals surface area contributed by atoms with Crippen molar-refractivity contribution in [2.45, 2.75) is 64.3 Å². The number of rotatable bonds is 4. The average molecular weight is 249 g/mol. The Bertz CT molecular complexity index is 432. The van der Waals surface area contributed by atoms with E-state index in [1.165, 1.54) is 12.8 Å². The zero-order valence-electron chi connectivity index (χ0n) is 11.6. The van der Waals surface area contributed by atoms with Crippen LogP contribution in [-0.2, 0) is 5.54 Å². The van der Waals surface area contributed by atoms with E-state index in [1.807, 2.05) is 0 Å². The number of hydrogen-bond donors (Lipinski definition) is 1. The van der Waals surface area contributed by atoms with Crippen molar-refractivity contribution >= 4 is 0 Å². The van der Waals surface area contributed by atoms with Crippen LogP contribution in [0.3, 0.4) is 0 Å². The molecule has 0 aromatic carbocycles. The van der Waals surface area contributed by atoms with E-state index in [9.17, 15) is 0 Å². The molecule has 0 bridgehead atoms. The summed E-state index contributed by atoms with van der Waals surface area (Å²) < 4.78 is 5.58. The number of nitrogens with zero attached hydrogens (tertiary/aromatic N) is 2. The Balaban J connectivity index is 1.83. The van der Waals surface area contributed by atoms with E-state index in [2.05, 4.69) is 31.2 Å². The second kappa shape index (κ2) is 4.05. The highest BCUT2D eigenvalue weighted by Gasteiger charge is 2.50. The van der Waals surface area contributed by atoms with Gasteiger partial charge >= 0.3 is 0 Å². The molecule has 1 aromatic rings. The smallest absolute Gasteiger partial charge is 0.246 e. The molecular weight excluding hydrogens is 226 g/mol. The van der Waals surface area contributed by atoms with Gasteiger partial charge in [0.05, 0.1) is 5.54 Å². The van der Waals surface area contributed by atoms with E-state index in [1.54, 1.807) is 0 Å². The van der Waals surface area contributed by atoms with Crippen molar-refractivity contribution in [1.82, 2.24) is 15.5 Å². The maximum Gasteiger partial charge on any atom is 0.246 e. The highest BCUT2D eigenvalue weighted by Crippen LogP contribution is 2.57. The molecule has 18 heavy (non-hydrogen) atoms. The van der Waals surface area contributed by atoms with Crippen molar-refractivity contribution in [2.75, 3.05) is 6.54 Å². The highest BCUT2D eigenvalue weighted by atomic mass is 16.5. The fraction of sp³-hybridized carbons (Fsp3) is 0.857. The monoisotopic (exact) mass is 249 g/mol. The van der Waals surface area contributed by atoms with Gasteiger partial charge < -0.3 is 9.84 Å². The van der Waals surface area contributed by atoms with Crippen LogP contribution in [0.2, 0.25) is 0 Å². The van der Waals surface area contributed by atoms with Gasteiger partial charge in [0.1, 0.15) is 0 Å². The molecule has 3 rings (SSSR count). The van der Waals surface area contributed by atoms with E-state index in [0.29, 0.717) is 11.3 Å². The van der Waals surface area contributed by atoms with Crippen molar-refractivity contribution in [1.29, 1.82) is 0 Å². The predicted octanol–water partition coefficient (Wildman–Crippen LogP) is 2.96. The molecule has 4 nitrogen and oxygen atoms in total. The maximum absolute atomic E-state index is 5.58. The van der Waals surface area contributed by atoms with Crippen molar-refractivity contribution in [2.24, 2.45) is 5.41 Å². The number of hydrogen-bond acceptors (Lipinski definition) is 4. The minimum absolute atomic E-state index is 0.0426. The van der Waals surface area contributed by atoms with Crippen LogP contribution in [0.1, 0.15) is 70.5 Å². The van der Waals surface area contributed by atoms with Gasteiger partial charge in [-0.25, -0.2) is 0 Å². The highest BCUT2D eigenvalue weighted by molar-refractivity contribution is 5.16. The van der Waals surface area contributed by atoms with Crippen molar-refractivity contribution in [3.8, 4) is 0 Å². The van der Waals surface area contributed by atoms with Gasteiger partial charge in [0, 0.05) is 5.92 Å². The first-order valence-corrected chi connectivity index (χ1v) is 7.16. The van der Waals surface area contributed by atoms with Gasteiger partial charge in [-0.3, -0.25) is 0 Å². The fourth-order valence-electron chi connectivity index (χ4n) is 3.21. The third-order valence-electron chi connectivity index (χ3n) is 4.60. The van der Waals surface area contributed by atoms with E-state index in [4.69, 9.17) is 9.51 Å². The lowest BCUT2D eigenvalue weighted by molar-refractivity contribution is 0.240. The van der Waals surface area contributed by atoms with Crippen LogP contribution in [0.5, 0.6) is 0 Å². The summed E-state index contributed by atoms with van der Waals surface area (Å²) >= 11 is 0. The topological polar surface area (TPSA) is 51.0 Å². The third kappa shape index (κ3) is 1.87. The molecule has 4 heteroatoms. The van der Waals surface area contributed by atoms with Gasteiger partial charge in [-0.2, -0.15) is 4.98 Å². The number of aromatic nitrogens is 2. The summed E-state index contributed by atoms with van der Waals surface area (Å²) in [6.45, 7) is 7.81. The predicted molar refractivity (Wildman–Crippen MR) is 69.3 cm³/mol. The Kier molecular flexibility index (Phi) is 2.73. The maximum atomic E-state index is 5.58.